The summed E-state index contributed by atoms with van der Waals surface area (Å²) in [6.45, 7) is 0. The summed E-state index contributed by atoms with van der Waals surface area (Å²) in [5.74, 6) is 0.498. The van der Waals surface area contributed by atoms with Crippen molar-refractivity contribution >= 4 is 17.5 Å². The molecule has 0 spiro atoms. The van der Waals surface area contributed by atoms with Crippen LogP contribution in [-0.2, 0) is 0 Å². The first kappa shape index (κ1) is 13.8. The van der Waals surface area contributed by atoms with E-state index in [-0.39, 0.29) is 0 Å². The number of carbonyl (C=O) groups is 1. The van der Waals surface area contributed by atoms with Gasteiger partial charge in [-0.25, -0.2) is 9.69 Å². The second kappa shape index (κ2) is 6.54. The lowest BCUT2D eigenvalue weighted by molar-refractivity contribution is 0.210. The molecule has 0 saturated carbocycles. The predicted octanol–water partition coefficient (Wildman–Crippen LogP) is 4.42. The minimum Gasteiger partial charge on any atom is -0.410 e. The minimum atomic E-state index is -0.481. The van der Waals surface area contributed by atoms with E-state index in [1.54, 1.807) is 30.6 Å². The van der Waals surface area contributed by atoms with Crippen molar-refractivity contribution in [2.24, 2.45) is 0 Å². The van der Waals surface area contributed by atoms with Crippen LogP contribution < -0.4 is 9.64 Å². The van der Waals surface area contributed by atoms with Gasteiger partial charge in [-0.1, -0.05) is 36.4 Å². The number of carbonyl (C=O) groups excluding carboxylic acids is 1. The molecule has 108 valence electrons. The second-order valence-corrected chi connectivity index (χ2v) is 4.56. The van der Waals surface area contributed by atoms with Crippen LogP contribution >= 0.6 is 0 Å². The number of para-hydroxylation sites is 2. The van der Waals surface area contributed by atoms with Crippen LogP contribution in [0, 0.1) is 0 Å². The van der Waals surface area contributed by atoms with Crippen LogP contribution in [0.5, 0.6) is 5.75 Å². The van der Waals surface area contributed by atoms with Gasteiger partial charge in [0.1, 0.15) is 5.75 Å². The fraction of sp³-hybridized carbons (Fsp3) is 0. The van der Waals surface area contributed by atoms with Crippen LogP contribution in [0.4, 0.5) is 16.2 Å². The maximum Gasteiger partial charge on any atom is 0.424 e. The Bertz CT molecular complexity index is 691. The Kier molecular flexibility index (Phi) is 4.11. The molecule has 0 N–H and O–H groups in total. The largest absolute Gasteiger partial charge is 0.424 e. The second-order valence-electron chi connectivity index (χ2n) is 4.56. The minimum absolute atomic E-state index is 0.481. The van der Waals surface area contributed by atoms with Gasteiger partial charge in [0.2, 0.25) is 0 Å². The van der Waals surface area contributed by atoms with Crippen LogP contribution in [0.3, 0.4) is 0 Å². The lowest BCUT2D eigenvalue weighted by atomic mass is 10.2. The van der Waals surface area contributed by atoms with Crippen molar-refractivity contribution in [2.45, 2.75) is 0 Å². The number of ether oxygens (including phenoxy) is 1. The third-order valence-corrected chi connectivity index (χ3v) is 3.05. The standard InChI is InChI=1S/C18H14N2O2/c21-18(22-17-11-5-2-6-12-17)20(15-8-3-1-4-9-15)16-10-7-13-19-14-16/h1-14H. The van der Waals surface area contributed by atoms with E-state index in [0.717, 1.165) is 5.69 Å². The summed E-state index contributed by atoms with van der Waals surface area (Å²) in [7, 11) is 0. The monoisotopic (exact) mass is 290 g/mol. The maximum absolute atomic E-state index is 12.6. The topological polar surface area (TPSA) is 42.4 Å². The Morgan fingerprint density at radius 2 is 1.45 bits per heavy atom. The van der Waals surface area contributed by atoms with Gasteiger partial charge in [0, 0.05) is 6.20 Å². The molecule has 0 fully saturated rings. The number of benzene rings is 2. The summed E-state index contributed by atoms with van der Waals surface area (Å²) in [5, 5.41) is 0. The number of hydrogen-bond donors (Lipinski definition) is 0. The molecule has 0 bridgehead atoms. The molecule has 1 aromatic heterocycles. The number of amides is 1. The van der Waals surface area contributed by atoms with Gasteiger partial charge in [-0.15, -0.1) is 0 Å². The van der Waals surface area contributed by atoms with E-state index in [1.807, 2.05) is 54.6 Å². The molecule has 0 saturated heterocycles. The number of pyridine rings is 1. The van der Waals surface area contributed by atoms with Crippen molar-refractivity contribution in [1.29, 1.82) is 0 Å². The Morgan fingerprint density at radius 1 is 0.818 bits per heavy atom. The number of anilines is 2. The average molecular weight is 290 g/mol. The quantitative estimate of drug-likeness (QED) is 0.717. The molecular weight excluding hydrogens is 276 g/mol. The SMILES string of the molecule is O=C(Oc1ccccc1)N(c1ccccc1)c1cccnc1. The number of aromatic nitrogens is 1. The highest BCUT2D eigenvalue weighted by Gasteiger charge is 2.20. The molecule has 22 heavy (non-hydrogen) atoms. The van der Waals surface area contributed by atoms with E-state index in [0.29, 0.717) is 11.4 Å². The Balaban J connectivity index is 1.94. The Labute approximate surface area is 128 Å². The van der Waals surface area contributed by atoms with Crippen LogP contribution in [0.2, 0.25) is 0 Å². The van der Waals surface area contributed by atoms with Gasteiger partial charge in [0.05, 0.1) is 17.6 Å². The molecule has 0 radical (unpaired) electrons. The third kappa shape index (κ3) is 3.12. The molecule has 0 atom stereocenters. The summed E-state index contributed by atoms with van der Waals surface area (Å²) in [5.41, 5.74) is 1.37. The van der Waals surface area contributed by atoms with E-state index >= 15 is 0 Å². The van der Waals surface area contributed by atoms with E-state index in [4.69, 9.17) is 4.74 Å². The molecule has 1 amide bonds. The molecule has 4 heteroatoms. The number of rotatable bonds is 3. The number of hydrogen-bond acceptors (Lipinski definition) is 3. The Hall–Kier alpha value is -3.14. The van der Waals surface area contributed by atoms with Gasteiger partial charge in [-0.05, 0) is 36.4 Å². The van der Waals surface area contributed by atoms with E-state index in [2.05, 4.69) is 4.98 Å². The first-order valence-electron chi connectivity index (χ1n) is 6.86. The fourth-order valence-electron chi connectivity index (χ4n) is 2.06. The lowest BCUT2D eigenvalue weighted by Crippen LogP contribution is -2.29. The van der Waals surface area contributed by atoms with Crippen LogP contribution in [0.1, 0.15) is 0 Å². The molecule has 0 aliphatic carbocycles. The van der Waals surface area contributed by atoms with Crippen LogP contribution in [0.15, 0.2) is 85.2 Å². The van der Waals surface area contributed by atoms with Crippen LogP contribution in [0.25, 0.3) is 0 Å². The molecule has 1 heterocycles. The van der Waals surface area contributed by atoms with Crippen molar-refractivity contribution in [1.82, 2.24) is 4.98 Å². The zero-order chi connectivity index (χ0) is 15.2. The molecule has 0 unspecified atom stereocenters. The van der Waals surface area contributed by atoms with E-state index in [1.165, 1.54) is 4.90 Å². The van der Waals surface area contributed by atoms with Crippen molar-refractivity contribution in [3.63, 3.8) is 0 Å². The van der Waals surface area contributed by atoms with Gasteiger partial charge in [0.15, 0.2) is 0 Å². The van der Waals surface area contributed by atoms with E-state index < -0.39 is 6.09 Å². The molecule has 4 nitrogen and oxygen atoms in total. The van der Waals surface area contributed by atoms with Crippen molar-refractivity contribution in [2.75, 3.05) is 4.90 Å². The first-order chi connectivity index (χ1) is 10.8. The highest BCUT2D eigenvalue weighted by atomic mass is 16.6. The van der Waals surface area contributed by atoms with Gasteiger partial charge in [-0.3, -0.25) is 4.98 Å². The summed E-state index contributed by atoms with van der Waals surface area (Å²) < 4.78 is 5.44. The number of nitrogens with zero attached hydrogens (tertiary/aromatic N) is 2. The zero-order valence-electron chi connectivity index (χ0n) is 11.8. The summed E-state index contributed by atoms with van der Waals surface area (Å²) in [6.07, 6.45) is 2.81. The Morgan fingerprint density at radius 3 is 2.09 bits per heavy atom. The molecule has 0 aliphatic heterocycles. The predicted molar refractivity (Wildman–Crippen MR) is 85.3 cm³/mol. The zero-order valence-corrected chi connectivity index (χ0v) is 11.8. The molecule has 3 aromatic rings. The highest BCUT2D eigenvalue weighted by molar-refractivity contribution is 5.96. The summed E-state index contributed by atoms with van der Waals surface area (Å²) in [6, 6.07) is 21.9. The van der Waals surface area contributed by atoms with Gasteiger partial charge < -0.3 is 4.74 Å². The molecule has 0 aliphatic rings. The molecule has 2 aromatic carbocycles. The van der Waals surface area contributed by atoms with Crippen molar-refractivity contribution in [3.05, 3.63) is 85.2 Å². The average Bonchev–Trinajstić information content (AvgIpc) is 2.58. The van der Waals surface area contributed by atoms with Crippen LogP contribution in [-0.4, -0.2) is 11.1 Å². The molecule has 3 rings (SSSR count). The lowest BCUT2D eigenvalue weighted by Gasteiger charge is -2.21. The first-order valence-corrected chi connectivity index (χ1v) is 6.86. The highest BCUT2D eigenvalue weighted by Crippen LogP contribution is 2.25. The van der Waals surface area contributed by atoms with E-state index in [9.17, 15) is 4.79 Å². The van der Waals surface area contributed by atoms with Crippen molar-refractivity contribution in [3.8, 4) is 5.75 Å². The summed E-state index contributed by atoms with van der Waals surface area (Å²) >= 11 is 0. The normalized spacial score (nSPS) is 10.0. The van der Waals surface area contributed by atoms with Crippen molar-refractivity contribution < 1.29 is 9.53 Å². The molecular formula is C18H14N2O2. The summed E-state index contributed by atoms with van der Waals surface area (Å²) in [4.78, 5) is 18.1. The van der Waals surface area contributed by atoms with Gasteiger partial charge in [0.25, 0.3) is 0 Å². The smallest absolute Gasteiger partial charge is 0.410 e. The third-order valence-electron chi connectivity index (χ3n) is 3.05. The fourth-order valence-corrected chi connectivity index (χ4v) is 2.06. The van der Waals surface area contributed by atoms with Gasteiger partial charge in [-0.2, -0.15) is 0 Å². The van der Waals surface area contributed by atoms with Gasteiger partial charge >= 0.3 is 6.09 Å². The maximum atomic E-state index is 12.6.